The number of pyridine rings is 1. The fourth-order valence-electron chi connectivity index (χ4n) is 4.17. The van der Waals surface area contributed by atoms with Gasteiger partial charge in [-0.1, -0.05) is 35.9 Å². The maximum atomic E-state index is 12.8. The molecular formula is C24H27N3O2. The van der Waals surface area contributed by atoms with Crippen LogP contribution in [0.4, 0.5) is 0 Å². The van der Waals surface area contributed by atoms with Gasteiger partial charge in [0.15, 0.2) is 5.78 Å². The molecule has 0 amide bonds. The molecule has 4 rings (SSSR count). The molecule has 150 valence electrons. The van der Waals surface area contributed by atoms with Gasteiger partial charge in [-0.15, -0.1) is 0 Å². The number of piperidine rings is 1. The number of nitrogens with zero attached hydrogens (tertiary/aromatic N) is 3. The van der Waals surface area contributed by atoms with Crippen LogP contribution in [-0.4, -0.2) is 39.7 Å². The van der Waals surface area contributed by atoms with Crippen molar-refractivity contribution in [3.63, 3.8) is 0 Å². The van der Waals surface area contributed by atoms with Gasteiger partial charge in [0.2, 0.25) is 0 Å². The molecule has 1 aliphatic rings. The molecule has 3 aromatic rings. The molecule has 0 bridgehead atoms. The Balaban J connectivity index is 1.37. The van der Waals surface area contributed by atoms with E-state index in [1.54, 1.807) is 10.6 Å². The van der Waals surface area contributed by atoms with Gasteiger partial charge in [0, 0.05) is 35.5 Å². The zero-order valence-corrected chi connectivity index (χ0v) is 17.1. The molecule has 0 atom stereocenters. The van der Waals surface area contributed by atoms with Crippen LogP contribution < -0.4 is 5.56 Å². The number of rotatable bonds is 5. The van der Waals surface area contributed by atoms with E-state index in [2.05, 4.69) is 9.88 Å². The van der Waals surface area contributed by atoms with Crippen LogP contribution in [0.3, 0.4) is 0 Å². The van der Waals surface area contributed by atoms with Gasteiger partial charge in [-0.25, -0.2) is 4.98 Å². The van der Waals surface area contributed by atoms with E-state index < -0.39 is 0 Å². The Morgan fingerprint density at radius 1 is 1.07 bits per heavy atom. The summed E-state index contributed by atoms with van der Waals surface area (Å²) in [5.74, 6) is 0.362. The van der Waals surface area contributed by atoms with Crippen LogP contribution in [0.1, 0.15) is 40.0 Å². The van der Waals surface area contributed by atoms with Crippen molar-refractivity contribution in [2.45, 2.75) is 33.1 Å². The predicted octanol–water partition coefficient (Wildman–Crippen LogP) is 3.45. The summed E-state index contributed by atoms with van der Waals surface area (Å²) in [6.07, 6.45) is 4.21. The van der Waals surface area contributed by atoms with Crippen LogP contribution in [0, 0.1) is 19.8 Å². The third-order valence-corrected chi connectivity index (χ3v) is 6.01. The van der Waals surface area contributed by atoms with Crippen molar-refractivity contribution in [1.82, 2.24) is 14.3 Å². The minimum atomic E-state index is 0.0255. The molecule has 5 heteroatoms. The van der Waals surface area contributed by atoms with Crippen LogP contribution in [0.5, 0.6) is 0 Å². The Morgan fingerprint density at radius 3 is 2.52 bits per heavy atom. The first-order valence-electron chi connectivity index (χ1n) is 10.3. The molecule has 0 aliphatic carbocycles. The highest BCUT2D eigenvalue weighted by Gasteiger charge is 2.26. The van der Waals surface area contributed by atoms with E-state index in [-0.39, 0.29) is 17.3 Å². The summed E-state index contributed by atoms with van der Waals surface area (Å²) in [5.41, 5.74) is 4.30. The summed E-state index contributed by atoms with van der Waals surface area (Å²) in [6.45, 7) is 6.55. The number of hydrogen-bond acceptors (Lipinski definition) is 4. The first-order valence-corrected chi connectivity index (χ1v) is 10.3. The third-order valence-electron chi connectivity index (χ3n) is 6.01. The van der Waals surface area contributed by atoms with Crippen LogP contribution in [-0.2, 0) is 6.42 Å². The fraction of sp³-hybridized carbons (Fsp3) is 0.375. The zero-order chi connectivity index (χ0) is 20.4. The molecule has 0 radical (unpaired) electrons. The van der Waals surface area contributed by atoms with Gasteiger partial charge in [-0.2, -0.15) is 0 Å². The normalized spacial score (nSPS) is 15.7. The second kappa shape index (κ2) is 8.29. The molecule has 0 unspecified atom stereocenters. The lowest BCUT2D eigenvalue weighted by Gasteiger charge is -2.31. The number of Topliss-reactive ketones (excluding diaryl/α,β-unsaturated/α-hetero) is 1. The number of carbonyl (C=O) groups excluding carboxylic acids is 1. The maximum Gasteiger partial charge on any atom is 0.261 e. The van der Waals surface area contributed by atoms with Crippen molar-refractivity contribution in [2.24, 2.45) is 5.92 Å². The first-order chi connectivity index (χ1) is 14.0. The van der Waals surface area contributed by atoms with Crippen molar-refractivity contribution in [2.75, 3.05) is 19.6 Å². The number of ketones is 1. The molecule has 2 aromatic heterocycles. The summed E-state index contributed by atoms with van der Waals surface area (Å²) < 4.78 is 1.62. The molecule has 0 spiro atoms. The molecule has 1 fully saturated rings. The number of aryl methyl sites for hydroxylation is 2. The summed E-state index contributed by atoms with van der Waals surface area (Å²) in [7, 11) is 0. The lowest BCUT2D eigenvalue weighted by molar-refractivity contribution is 0.0841. The van der Waals surface area contributed by atoms with Crippen molar-refractivity contribution in [3.05, 3.63) is 81.4 Å². The van der Waals surface area contributed by atoms with E-state index in [1.807, 2.05) is 56.3 Å². The van der Waals surface area contributed by atoms with E-state index in [0.29, 0.717) is 12.1 Å². The Bertz CT molecular complexity index is 1080. The molecule has 1 saturated heterocycles. The van der Waals surface area contributed by atoms with Crippen LogP contribution in [0.15, 0.2) is 53.5 Å². The van der Waals surface area contributed by atoms with E-state index in [0.717, 1.165) is 49.3 Å². The number of hydrogen-bond donors (Lipinski definition) is 0. The third kappa shape index (κ3) is 4.15. The standard InChI is InChI=1S/C24H27N3O2/c1-17-6-8-19(9-7-17)23(28)20-10-14-26(15-11-20)16-12-21-18(2)25-22-5-3-4-13-27(22)24(21)29/h3-9,13,20H,10-12,14-16H2,1-2H3. The number of benzene rings is 1. The Hall–Kier alpha value is -2.79. The lowest BCUT2D eigenvalue weighted by atomic mass is 9.88. The molecule has 0 saturated carbocycles. The average molecular weight is 389 g/mol. The van der Waals surface area contributed by atoms with Gasteiger partial charge in [0.1, 0.15) is 5.65 Å². The molecule has 1 aliphatic heterocycles. The number of likely N-dealkylation sites (tertiary alicyclic amines) is 1. The number of fused-ring (bicyclic) bond motifs is 1. The summed E-state index contributed by atoms with van der Waals surface area (Å²) >= 11 is 0. The van der Waals surface area contributed by atoms with Crippen molar-refractivity contribution in [3.8, 4) is 0 Å². The van der Waals surface area contributed by atoms with Gasteiger partial charge in [-0.3, -0.25) is 14.0 Å². The number of carbonyl (C=O) groups is 1. The molecular weight excluding hydrogens is 362 g/mol. The fourth-order valence-corrected chi connectivity index (χ4v) is 4.17. The zero-order valence-electron chi connectivity index (χ0n) is 17.1. The van der Waals surface area contributed by atoms with Crippen molar-refractivity contribution >= 4 is 11.4 Å². The minimum Gasteiger partial charge on any atom is -0.303 e. The van der Waals surface area contributed by atoms with E-state index in [4.69, 9.17) is 0 Å². The second-order valence-electron chi connectivity index (χ2n) is 8.01. The van der Waals surface area contributed by atoms with Gasteiger partial charge in [0.25, 0.3) is 5.56 Å². The highest BCUT2D eigenvalue weighted by molar-refractivity contribution is 5.97. The van der Waals surface area contributed by atoms with Crippen molar-refractivity contribution in [1.29, 1.82) is 0 Å². The van der Waals surface area contributed by atoms with Gasteiger partial charge in [0.05, 0.1) is 0 Å². The van der Waals surface area contributed by atoms with Gasteiger partial charge in [-0.05, 0) is 58.3 Å². The predicted molar refractivity (Wildman–Crippen MR) is 115 cm³/mol. The average Bonchev–Trinajstić information content (AvgIpc) is 2.74. The van der Waals surface area contributed by atoms with Crippen LogP contribution in [0.2, 0.25) is 0 Å². The minimum absolute atomic E-state index is 0.0255. The molecule has 0 N–H and O–H groups in total. The van der Waals surface area contributed by atoms with Crippen LogP contribution in [0.25, 0.3) is 5.65 Å². The van der Waals surface area contributed by atoms with E-state index in [1.165, 1.54) is 5.56 Å². The topological polar surface area (TPSA) is 54.7 Å². The number of aromatic nitrogens is 2. The van der Waals surface area contributed by atoms with Gasteiger partial charge >= 0.3 is 0 Å². The second-order valence-corrected chi connectivity index (χ2v) is 8.01. The summed E-state index contributed by atoms with van der Waals surface area (Å²) in [6, 6.07) is 13.5. The summed E-state index contributed by atoms with van der Waals surface area (Å²) in [5, 5.41) is 0. The largest absolute Gasteiger partial charge is 0.303 e. The molecule has 29 heavy (non-hydrogen) atoms. The quantitative estimate of drug-likeness (QED) is 0.627. The molecule has 5 nitrogen and oxygen atoms in total. The van der Waals surface area contributed by atoms with E-state index >= 15 is 0 Å². The first kappa shape index (κ1) is 19.5. The monoisotopic (exact) mass is 389 g/mol. The Morgan fingerprint density at radius 2 is 1.79 bits per heavy atom. The smallest absolute Gasteiger partial charge is 0.261 e. The van der Waals surface area contributed by atoms with Crippen LogP contribution >= 0.6 is 0 Å². The molecule has 3 heterocycles. The highest BCUT2D eigenvalue weighted by Crippen LogP contribution is 2.22. The van der Waals surface area contributed by atoms with Gasteiger partial charge < -0.3 is 4.90 Å². The Labute approximate surface area is 171 Å². The molecule has 1 aromatic carbocycles. The van der Waals surface area contributed by atoms with E-state index in [9.17, 15) is 9.59 Å². The maximum absolute atomic E-state index is 12.8. The highest BCUT2D eigenvalue weighted by atomic mass is 16.1. The lowest BCUT2D eigenvalue weighted by Crippen LogP contribution is -2.38. The Kier molecular flexibility index (Phi) is 5.58. The summed E-state index contributed by atoms with van der Waals surface area (Å²) in [4.78, 5) is 32.5. The van der Waals surface area contributed by atoms with Crippen molar-refractivity contribution < 1.29 is 4.79 Å². The SMILES string of the molecule is Cc1ccc(C(=O)C2CCN(CCc3c(C)nc4ccccn4c3=O)CC2)cc1.